The van der Waals surface area contributed by atoms with E-state index in [1.165, 1.54) is 11.1 Å². The molecule has 1 heterocycles. The molecule has 1 aliphatic heterocycles. The molecule has 0 spiro atoms. The fourth-order valence-corrected chi connectivity index (χ4v) is 3.35. The average Bonchev–Trinajstić information content (AvgIpc) is 2.83. The lowest BCUT2D eigenvalue weighted by Crippen LogP contribution is -2.20. The molecule has 0 amide bonds. The van der Waals surface area contributed by atoms with Crippen LogP contribution in [0.2, 0.25) is 0 Å². The van der Waals surface area contributed by atoms with E-state index in [2.05, 4.69) is 24.0 Å². The molecule has 0 radical (unpaired) electrons. The summed E-state index contributed by atoms with van der Waals surface area (Å²) in [5, 5.41) is 5.19. The van der Waals surface area contributed by atoms with Gasteiger partial charge in [0.25, 0.3) is 0 Å². The van der Waals surface area contributed by atoms with Crippen LogP contribution in [0, 0.1) is 6.92 Å². The normalized spacial score (nSPS) is 14.3. The zero-order chi connectivity index (χ0) is 15.0. The largest absolute Gasteiger partial charge is 0.367 e. The number of rotatable bonds is 3. The van der Waals surface area contributed by atoms with Crippen molar-refractivity contribution in [3.63, 3.8) is 0 Å². The molecule has 4 nitrogen and oxygen atoms in total. The fourth-order valence-electron chi connectivity index (χ4n) is 2.78. The summed E-state index contributed by atoms with van der Waals surface area (Å²) >= 11 is 0. The molecule has 2 aromatic rings. The second-order valence-corrected chi connectivity index (χ2v) is 6.99. The number of nitrogens with two attached hydrogens (primary N) is 1. The number of aryl methyl sites for hydroxylation is 1. The molecule has 0 saturated heterocycles. The Labute approximate surface area is 125 Å². The minimum absolute atomic E-state index is 0.194. The summed E-state index contributed by atoms with van der Waals surface area (Å²) in [5.41, 5.74) is 4.72. The average molecular weight is 302 g/mol. The Bertz CT molecular complexity index is 785. The maximum absolute atomic E-state index is 11.4. The summed E-state index contributed by atoms with van der Waals surface area (Å²) in [7, 11) is -3.63. The van der Waals surface area contributed by atoms with Gasteiger partial charge in [-0.25, -0.2) is 13.6 Å². The van der Waals surface area contributed by atoms with Crippen LogP contribution in [-0.2, 0) is 23.0 Å². The molecule has 0 fully saturated rings. The SMILES string of the molecule is Cc1ccccc1CN1CCc2cc(S(N)(=O)=O)ccc21. The maximum Gasteiger partial charge on any atom is 0.238 e. The summed E-state index contributed by atoms with van der Waals surface area (Å²) in [5.74, 6) is 0. The van der Waals surface area contributed by atoms with Gasteiger partial charge in [-0.2, -0.15) is 0 Å². The first-order valence-electron chi connectivity index (χ1n) is 6.90. The highest BCUT2D eigenvalue weighted by molar-refractivity contribution is 7.89. The van der Waals surface area contributed by atoms with E-state index in [1.54, 1.807) is 12.1 Å². The third-order valence-electron chi connectivity index (χ3n) is 3.99. The summed E-state index contributed by atoms with van der Waals surface area (Å²) in [6.07, 6.45) is 0.852. The third kappa shape index (κ3) is 2.80. The zero-order valence-electron chi connectivity index (χ0n) is 11.9. The minimum atomic E-state index is -3.63. The van der Waals surface area contributed by atoms with E-state index in [0.29, 0.717) is 0 Å². The molecule has 0 aliphatic carbocycles. The van der Waals surface area contributed by atoms with Gasteiger partial charge in [0.1, 0.15) is 0 Å². The summed E-state index contributed by atoms with van der Waals surface area (Å²) in [6.45, 7) is 3.85. The van der Waals surface area contributed by atoms with Crippen LogP contribution < -0.4 is 10.0 Å². The van der Waals surface area contributed by atoms with Crippen molar-refractivity contribution in [2.75, 3.05) is 11.4 Å². The first-order chi connectivity index (χ1) is 9.95. The van der Waals surface area contributed by atoms with Crippen molar-refractivity contribution in [3.05, 3.63) is 59.2 Å². The number of anilines is 1. The van der Waals surface area contributed by atoms with Crippen molar-refractivity contribution in [2.24, 2.45) is 5.14 Å². The highest BCUT2D eigenvalue weighted by atomic mass is 32.2. The Morgan fingerprint density at radius 1 is 1.19 bits per heavy atom. The Hall–Kier alpha value is -1.85. The first kappa shape index (κ1) is 14.1. The van der Waals surface area contributed by atoms with E-state index >= 15 is 0 Å². The number of sulfonamides is 1. The molecule has 2 N–H and O–H groups in total. The number of primary sulfonamides is 1. The number of nitrogens with zero attached hydrogens (tertiary/aromatic N) is 1. The van der Waals surface area contributed by atoms with Crippen molar-refractivity contribution in [1.82, 2.24) is 0 Å². The Morgan fingerprint density at radius 2 is 1.95 bits per heavy atom. The standard InChI is InChI=1S/C16H18N2O2S/c1-12-4-2-3-5-14(12)11-18-9-8-13-10-15(21(17,19)20)6-7-16(13)18/h2-7,10H,8-9,11H2,1H3,(H2,17,19,20). The molecule has 0 aromatic heterocycles. The molecule has 3 rings (SSSR count). The van der Waals surface area contributed by atoms with Crippen LogP contribution in [0.15, 0.2) is 47.4 Å². The molecular formula is C16H18N2O2S. The topological polar surface area (TPSA) is 63.4 Å². The Balaban J connectivity index is 1.90. The second kappa shape index (κ2) is 5.16. The highest BCUT2D eigenvalue weighted by Gasteiger charge is 2.21. The maximum atomic E-state index is 11.4. The van der Waals surface area contributed by atoms with E-state index in [-0.39, 0.29) is 4.90 Å². The van der Waals surface area contributed by atoms with Gasteiger partial charge in [0.15, 0.2) is 0 Å². The third-order valence-corrected chi connectivity index (χ3v) is 4.90. The molecule has 0 bridgehead atoms. The van der Waals surface area contributed by atoms with Crippen molar-refractivity contribution < 1.29 is 8.42 Å². The quantitative estimate of drug-likeness (QED) is 0.945. The summed E-state index contributed by atoms with van der Waals surface area (Å²) in [6, 6.07) is 13.5. The first-order valence-corrected chi connectivity index (χ1v) is 8.45. The molecule has 21 heavy (non-hydrogen) atoms. The van der Waals surface area contributed by atoms with E-state index in [9.17, 15) is 8.42 Å². The highest BCUT2D eigenvalue weighted by Crippen LogP contribution is 2.31. The van der Waals surface area contributed by atoms with Gasteiger partial charge in [0.05, 0.1) is 4.90 Å². The van der Waals surface area contributed by atoms with Crippen LogP contribution in [0.1, 0.15) is 16.7 Å². The Morgan fingerprint density at radius 3 is 2.67 bits per heavy atom. The number of benzene rings is 2. The predicted octanol–water partition coefficient (Wildman–Crippen LogP) is 2.21. The van der Waals surface area contributed by atoms with Gasteiger partial charge in [-0.3, -0.25) is 0 Å². The van der Waals surface area contributed by atoms with Crippen LogP contribution in [0.5, 0.6) is 0 Å². The zero-order valence-corrected chi connectivity index (χ0v) is 12.7. The number of fused-ring (bicyclic) bond motifs is 1. The number of hydrogen-bond acceptors (Lipinski definition) is 3. The summed E-state index contributed by atoms with van der Waals surface area (Å²) in [4.78, 5) is 2.48. The van der Waals surface area contributed by atoms with E-state index < -0.39 is 10.0 Å². The molecule has 5 heteroatoms. The Kier molecular flexibility index (Phi) is 3.47. The fraction of sp³-hybridized carbons (Fsp3) is 0.250. The van der Waals surface area contributed by atoms with Crippen LogP contribution in [-0.4, -0.2) is 15.0 Å². The van der Waals surface area contributed by atoms with E-state index in [4.69, 9.17) is 5.14 Å². The second-order valence-electron chi connectivity index (χ2n) is 5.43. The van der Waals surface area contributed by atoms with Gasteiger partial charge in [0.2, 0.25) is 10.0 Å². The van der Waals surface area contributed by atoms with Gasteiger partial charge in [-0.15, -0.1) is 0 Å². The monoisotopic (exact) mass is 302 g/mol. The molecular weight excluding hydrogens is 284 g/mol. The van der Waals surface area contributed by atoms with Gasteiger partial charge < -0.3 is 4.90 Å². The van der Waals surface area contributed by atoms with Gasteiger partial charge in [-0.1, -0.05) is 24.3 Å². The molecule has 0 atom stereocenters. The number of hydrogen-bond donors (Lipinski definition) is 1. The van der Waals surface area contributed by atoms with E-state index in [0.717, 1.165) is 30.8 Å². The van der Waals surface area contributed by atoms with Crippen molar-refractivity contribution in [3.8, 4) is 0 Å². The van der Waals surface area contributed by atoms with Gasteiger partial charge in [0, 0.05) is 18.8 Å². The van der Waals surface area contributed by atoms with Crippen LogP contribution in [0.4, 0.5) is 5.69 Å². The lowest BCUT2D eigenvalue weighted by molar-refractivity contribution is 0.597. The molecule has 0 saturated carbocycles. The molecule has 110 valence electrons. The van der Waals surface area contributed by atoms with Crippen LogP contribution in [0.3, 0.4) is 0 Å². The van der Waals surface area contributed by atoms with Crippen LogP contribution >= 0.6 is 0 Å². The van der Waals surface area contributed by atoms with Crippen LogP contribution in [0.25, 0.3) is 0 Å². The summed E-state index contributed by atoms with van der Waals surface area (Å²) < 4.78 is 22.8. The smallest absolute Gasteiger partial charge is 0.238 e. The van der Waals surface area contributed by atoms with Crippen molar-refractivity contribution in [2.45, 2.75) is 24.8 Å². The minimum Gasteiger partial charge on any atom is -0.367 e. The lowest BCUT2D eigenvalue weighted by Gasteiger charge is -2.20. The molecule has 2 aromatic carbocycles. The van der Waals surface area contributed by atoms with Gasteiger partial charge >= 0.3 is 0 Å². The van der Waals surface area contributed by atoms with Crippen molar-refractivity contribution in [1.29, 1.82) is 0 Å². The van der Waals surface area contributed by atoms with Gasteiger partial charge in [-0.05, 0) is 48.2 Å². The van der Waals surface area contributed by atoms with E-state index in [1.807, 2.05) is 18.2 Å². The predicted molar refractivity (Wildman–Crippen MR) is 83.7 cm³/mol. The lowest BCUT2D eigenvalue weighted by atomic mass is 10.1. The molecule has 0 unspecified atom stereocenters. The molecule has 1 aliphatic rings. The van der Waals surface area contributed by atoms with Crippen molar-refractivity contribution >= 4 is 15.7 Å².